The van der Waals surface area contributed by atoms with Crippen LogP contribution in [0.2, 0.25) is 0 Å². The molecular formula is C17H23N5O3. The number of nitrogens with one attached hydrogen (secondary N) is 1. The fraction of sp³-hybridized carbons (Fsp3) is 0.529. The molecule has 1 aliphatic rings. The molecule has 0 spiro atoms. The maximum Gasteiger partial charge on any atom is 0.270 e. The Balaban J connectivity index is 1.95. The van der Waals surface area contributed by atoms with Gasteiger partial charge in [0.1, 0.15) is 6.07 Å². The van der Waals surface area contributed by atoms with Crippen LogP contribution >= 0.6 is 0 Å². The lowest BCUT2D eigenvalue weighted by atomic mass is 9.96. The zero-order chi connectivity index (χ0) is 18.4. The number of non-ortho nitro benzene ring substituents is 1. The summed E-state index contributed by atoms with van der Waals surface area (Å²) in [5, 5.41) is 22.8. The molecule has 8 nitrogen and oxygen atoms in total. The average Bonchev–Trinajstić information content (AvgIpc) is 2.62. The molecule has 0 bridgehead atoms. The van der Waals surface area contributed by atoms with E-state index < -0.39 is 4.92 Å². The van der Waals surface area contributed by atoms with Gasteiger partial charge in [-0.1, -0.05) is 0 Å². The Morgan fingerprint density at radius 3 is 2.72 bits per heavy atom. The minimum atomic E-state index is -0.493. The van der Waals surface area contributed by atoms with Crippen molar-refractivity contribution in [1.29, 1.82) is 5.26 Å². The SMILES string of the molecule is CNC(=O)CN1CCC(CN(C)c2ccc([N+](=O)[O-])cc2C#N)CC1. The molecule has 0 aromatic heterocycles. The Bertz CT molecular complexity index is 677. The Hall–Kier alpha value is -2.66. The summed E-state index contributed by atoms with van der Waals surface area (Å²) in [5.41, 5.74) is 0.950. The van der Waals surface area contributed by atoms with E-state index in [2.05, 4.69) is 10.2 Å². The van der Waals surface area contributed by atoms with Crippen LogP contribution in [0.15, 0.2) is 18.2 Å². The quantitative estimate of drug-likeness (QED) is 0.617. The van der Waals surface area contributed by atoms with E-state index in [1.807, 2.05) is 18.0 Å². The highest BCUT2D eigenvalue weighted by atomic mass is 16.6. The highest BCUT2D eigenvalue weighted by Crippen LogP contribution is 2.26. The normalized spacial score (nSPS) is 15.4. The molecule has 134 valence electrons. The molecule has 0 atom stereocenters. The summed E-state index contributed by atoms with van der Waals surface area (Å²) >= 11 is 0. The van der Waals surface area contributed by atoms with Crippen molar-refractivity contribution >= 4 is 17.3 Å². The van der Waals surface area contributed by atoms with Crippen molar-refractivity contribution in [2.24, 2.45) is 5.92 Å². The molecule has 2 rings (SSSR count). The second-order valence-corrected chi connectivity index (χ2v) is 6.34. The molecule has 1 fully saturated rings. The second-order valence-electron chi connectivity index (χ2n) is 6.34. The first-order valence-electron chi connectivity index (χ1n) is 8.27. The van der Waals surface area contributed by atoms with Crippen LogP contribution < -0.4 is 10.2 Å². The molecule has 25 heavy (non-hydrogen) atoms. The van der Waals surface area contributed by atoms with Crippen LogP contribution in [0.1, 0.15) is 18.4 Å². The van der Waals surface area contributed by atoms with Crippen molar-refractivity contribution in [3.8, 4) is 6.07 Å². The number of rotatable bonds is 6. The number of amides is 1. The number of anilines is 1. The number of nitriles is 1. The van der Waals surface area contributed by atoms with Crippen molar-refractivity contribution in [3.05, 3.63) is 33.9 Å². The molecule has 1 amide bonds. The summed E-state index contributed by atoms with van der Waals surface area (Å²) in [4.78, 5) is 25.9. The fourth-order valence-electron chi connectivity index (χ4n) is 3.15. The molecule has 1 aromatic carbocycles. The lowest BCUT2D eigenvalue weighted by molar-refractivity contribution is -0.384. The molecule has 1 heterocycles. The number of hydrogen-bond acceptors (Lipinski definition) is 6. The molecule has 0 aliphatic carbocycles. The number of hydrogen-bond donors (Lipinski definition) is 1. The Labute approximate surface area is 147 Å². The number of carbonyl (C=O) groups excluding carboxylic acids is 1. The molecule has 0 unspecified atom stereocenters. The number of nitrogens with zero attached hydrogens (tertiary/aromatic N) is 4. The second kappa shape index (κ2) is 8.44. The first kappa shape index (κ1) is 18.7. The maximum absolute atomic E-state index is 11.4. The van der Waals surface area contributed by atoms with Gasteiger partial charge in [0.05, 0.1) is 22.7 Å². The van der Waals surface area contributed by atoms with E-state index in [1.54, 1.807) is 13.1 Å². The third-order valence-corrected chi connectivity index (χ3v) is 4.61. The monoisotopic (exact) mass is 345 g/mol. The number of benzene rings is 1. The van der Waals surface area contributed by atoms with E-state index in [9.17, 15) is 20.2 Å². The minimum absolute atomic E-state index is 0.0279. The molecule has 0 saturated carbocycles. The van der Waals surface area contributed by atoms with Gasteiger partial charge in [-0.15, -0.1) is 0 Å². The molecule has 1 N–H and O–H groups in total. The Kier molecular flexibility index (Phi) is 6.31. The highest BCUT2D eigenvalue weighted by Gasteiger charge is 2.23. The minimum Gasteiger partial charge on any atom is -0.373 e. The van der Waals surface area contributed by atoms with Gasteiger partial charge in [-0.2, -0.15) is 5.26 Å². The van der Waals surface area contributed by atoms with Gasteiger partial charge in [0.15, 0.2) is 0 Å². The van der Waals surface area contributed by atoms with Gasteiger partial charge in [-0.25, -0.2) is 0 Å². The van der Waals surface area contributed by atoms with E-state index >= 15 is 0 Å². The summed E-state index contributed by atoms with van der Waals surface area (Å²) in [6.07, 6.45) is 1.96. The van der Waals surface area contributed by atoms with Gasteiger partial charge in [0.2, 0.25) is 5.91 Å². The molecular weight excluding hydrogens is 322 g/mol. The average molecular weight is 345 g/mol. The summed E-state index contributed by atoms with van der Waals surface area (Å²) in [5.74, 6) is 0.493. The maximum atomic E-state index is 11.4. The largest absolute Gasteiger partial charge is 0.373 e. The zero-order valence-corrected chi connectivity index (χ0v) is 14.6. The number of likely N-dealkylation sites (tertiary alicyclic amines) is 1. The summed E-state index contributed by atoms with van der Waals surface area (Å²) in [7, 11) is 3.54. The van der Waals surface area contributed by atoms with Gasteiger partial charge < -0.3 is 10.2 Å². The van der Waals surface area contributed by atoms with Gasteiger partial charge >= 0.3 is 0 Å². The van der Waals surface area contributed by atoms with Crippen molar-refractivity contribution in [2.75, 3.05) is 45.2 Å². The lowest BCUT2D eigenvalue weighted by Crippen LogP contribution is -2.42. The zero-order valence-electron chi connectivity index (χ0n) is 14.6. The van der Waals surface area contributed by atoms with Crippen molar-refractivity contribution in [2.45, 2.75) is 12.8 Å². The van der Waals surface area contributed by atoms with E-state index in [0.717, 1.165) is 32.5 Å². The van der Waals surface area contributed by atoms with Crippen LogP contribution in [0.4, 0.5) is 11.4 Å². The molecule has 0 radical (unpaired) electrons. The lowest BCUT2D eigenvalue weighted by Gasteiger charge is -2.34. The van der Waals surface area contributed by atoms with Crippen LogP contribution in [0, 0.1) is 27.4 Å². The summed E-state index contributed by atoms with van der Waals surface area (Å²) < 4.78 is 0. The van der Waals surface area contributed by atoms with Gasteiger partial charge in [0.25, 0.3) is 5.69 Å². The molecule has 1 aliphatic heterocycles. The number of carbonyl (C=O) groups is 1. The number of nitro groups is 1. The Morgan fingerprint density at radius 1 is 1.48 bits per heavy atom. The summed E-state index contributed by atoms with van der Waals surface area (Å²) in [6, 6.07) is 6.43. The number of nitro benzene ring substituents is 1. The molecule has 8 heteroatoms. The predicted molar refractivity (Wildman–Crippen MR) is 94.3 cm³/mol. The smallest absolute Gasteiger partial charge is 0.270 e. The van der Waals surface area contributed by atoms with E-state index in [1.165, 1.54) is 12.1 Å². The van der Waals surface area contributed by atoms with Crippen LogP contribution in [-0.4, -0.2) is 56.0 Å². The number of piperidine rings is 1. The summed E-state index contributed by atoms with van der Waals surface area (Å²) in [6.45, 7) is 2.95. The first-order valence-corrected chi connectivity index (χ1v) is 8.27. The van der Waals surface area contributed by atoms with Gasteiger partial charge in [-0.3, -0.25) is 19.8 Å². The first-order chi connectivity index (χ1) is 11.9. The topological polar surface area (TPSA) is 103 Å². The van der Waals surface area contributed by atoms with Crippen LogP contribution in [0.3, 0.4) is 0 Å². The standard InChI is InChI=1S/C17H23N5O3/c1-19-17(23)12-21-7-5-13(6-8-21)11-20(2)16-4-3-15(22(24)25)9-14(16)10-18/h3-4,9,13H,5-8,11-12H2,1-2H3,(H,19,23). The Morgan fingerprint density at radius 2 is 2.16 bits per heavy atom. The molecule has 1 saturated heterocycles. The van der Waals surface area contributed by atoms with Gasteiger partial charge in [-0.05, 0) is 37.9 Å². The van der Waals surface area contributed by atoms with E-state index in [-0.39, 0.29) is 11.6 Å². The number of likely N-dealkylation sites (N-methyl/N-ethyl adjacent to an activating group) is 1. The highest BCUT2D eigenvalue weighted by molar-refractivity contribution is 5.77. The predicted octanol–water partition coefficient (Wildman–Crippen LogP) is 1.36. The third kappa shape index (κ3) is 4.90. The van der Waals surface area contributed by atoms with Crippen LogP contribution in [0.5, 0.6) is 0 Å². The fourth-order valence-corrected chi connectivity index (χ4v) is 3.15. The van der Waals surface area contributed by atoms with Crippen LogP contribution in [-0.2, 0) is 4.79 Å². The van der Waals surface area contributed by atoms with Crippen LogP contribution in [0.25, 0.3) is 0 Å². The molecule has 1 aromatic rings. The van der Waals surface area contributed by atoms with Crippen molar-refractivity contribution < 1.29 is 9.72 Å². The van der Waals surface area contributed by atoms with Gasteiger partial charge in [0, 0.05) is 32.8 Å². The van der Waals surface area contributed by atoms with Crippen molar-refractivity contribution in [1.82, 2.24) is 10.2 Å². The van der Waals surface area contributed by atoms with E-state index in [0.29, 0.717) is 23.7 Å². The third-order valence-electron chi connectivity index (χ3n) is 4.61. The van der Waals surface area contributed by atoms with E-state index in [4.69, 9.17) is 0 Å². The van der Waals surface area contributed by atoms with Crippen molar-refractivity contribution in [3.63, 3.8) is 0 Å².